The van der Waals surface area contributed by atoms with E-state index in [0.29, 0.717) is 12.1 Å². The van der Waals surface area contributed by atoms with E-state index in [1.807, 2.05) is 24.3 Å². The number of hydrogen-bond donors (Lipinski definition) is 1. The van der Waals surface area contributed by atoms with Gasteiger partial charge in [-0.3, -0.25) is 9.78 Å². The highest BCUT2D eigenvalue weighted by Crippen LogP contribution is 2.18. The predicted octanol–water partition coefficient (Wildman–Crippen LogP) is 3.27. The maximum atomic E-state index is 10.8. The molecular weight excluding hydrogens is 280 g/mol. The minimum atomic E-state index is 0.569. The van der Waals surface area contributed by atoms with E-state index in [0.717, 1.165) is 22.0 Å². The molecule has 0 saturated heterocycles. The third kappa shape index (κ3) is 2.91. The molecule has 1 aromatic heterocycles. The van der Waals surface area contributed by atoms with Gasteiger partial charge >= 0.3 is 0 Å². The fraction of sp³-hybridized carbons (Fsp3) is 0.0769. The second-order valence-electron chi connectivity index (χ2n) is 3.53. The maximum Gasteiger partial charge on any atom is 0.153 e. The molecule has 0 aliphatic carbocycles. The second kappa shape index (κ2) is 5.59. The highest BCUT2D eigenvalue weighted by atomic mass is 79.9. The van der Waals surface area contributed by atoms with Crippen LogP contribution in [0.15, 0.2) is 47.2 Å². The van der Waals surface area contributed by atoms with E-state index in [1.165, 1.54) is 0 Å². The summed E-state index contributed by atoms with van der Waals surface area (Å²) in [6.45, 7) is 0.659. The smallest absolute Gasteiger partial charge is 0.153 e. The van der Waals surface area contributed by atoms with Crippen molar-refractivity contribution in [2.24, 2.45) is 0 Å². The predicted molar refractivity (Wildman–Crippen MR) is 71.1 cm³/mol. The minimum Gasteiger partial charge on any atom is -0.380 e. The Morgan fingerprint density at radius 1 is 1.29 bits per heavy atom. The fourth-order valence-electron chi connectivity index (χ4n) is 1.49. The lowest BCUT2D eigenvalue weighted by Gasteiger charge is -2.09. The molecule has 0 saturated carbocycles. The van der Waals surface area contributed by atoms with Crippen molar-refractivity contribution < 1.29 is 4.79 Å². The number of aldehydes is 1. The van der Waals surface area contributed by atoms with Gasteiger partial charge in [-0.1, -0.05) is 34.1 Å². The number of hydrogen-bond acceptors (Lipinski definition) is 3. The molecule has 2 rings (SSSR count). The molecule has 0 radical (unpaired) electrons. The van der Waals surface area contributed by atoms with E-state index in [1.54, 1.807) is 18.5 Å². The number of pyridine rings is 1. The molecule has 1 aromatic carbocycles. The number of carbonyl (C=O) groups is 1. The molecule has 0 aliphatic rings. The molecular formula is C13H11BrN2O. The standard InChI is InChI=1S/C13H11BrN2O/c14-12-4-2-1-3-10(12)8-16-13-5-6-15-7-11(13)9-17/h1-7,9H,8H2,(H,15,16). The Hall–Kier alpha value is -1.68. The highest BCUT2D eigenvalue weighted by Gasteiger charge is 2.02. The first-order chi connectivity index (χ1) is 8.31. The Labute approximate surface area is 108 Å². The summed E-state index contributed by atoms with van der Waals surface area (Å²) in [6.07, 6.45) is 4.01. The molecule has 2 aromatic rings. The van der Waals surface area contributed by atoms with E-state index in [9.17, 15) is 4.79 Å². The summed E-state index contributed by atoms with van der Waals surface area (Å²) in [6, 6.07) is 9.76. The number of anilines is 1. The van der Waals surface area contributed by atoms with Crippen molar-refractivity contribution in [2.45, 2.75) is 6.54 Å². The van der Waals surface area contributed by atoms with Crippen LogP contribution in [-0.4, -0.2) is 11.3 Å². The second-order valence-corrected chi connectivity index (χ2v) is 4.38. The van der Waals surface area contributed by atoms with Gasteiger partial charge in [0.05, 0.1) is 5.56 Å². The van der Waals surface area contributed by atoms with Gasteiger partial charge < -0.3 is 5.32 Å². The molecule has 17 heavy (non-hydrogen) atoms. The van der Waals surface area contributed by atoms with Gasteiger partial charge in [0, 0.05) is 29.1 Å². The monoisotopic (exact) mass is 290 g/mol. The molecule has 0 fully saturated rings. The molecule has 3 nitrogen and oxygen atoms in total. The van der Waals surface area contributed by atoms with Crippen LogP contribution in [0.1, 0.15) is 15.9 Å². The SMILES string of the molecule is O=Cc1cnccc1NCc1ccccc1Br. The normalized spacial score (nSPS) is 9.94. The van der Waals surface area contributed by atoms with Crippen LogP contribution in [0.25, 0.3) is 0 Å². The van der Waals surface area contributed by atoms with Crippen molar-refractivity contribution in [3.8, 4) is 0 Å². The van der Waals surface area contributed by atoms with Crippen molar-refractivity contribution in [3.05, 3.63) is 58.3 Å². The van der Waals surface area contributed by atoms with E-state index in [2.05, 4.69) is 26.2 Å². The number of halogens is 1. The summed E-state index contributed by atoms with van der Waals surface area (Å²) in [5.74, 6) is 0. The maximum absolute atomic E-state index is 10.8. The Kier molecular flexibility index (Phi) is 3.88. The van der Waals surface area contributed by atoms with Gasteiger partial charge in [-0.15, -0.1) is 0 Å². The molecule has 0 unspecified atom stereocenters. The van der Waals surface area contributed by atoms with Crippen molar-refractivity contribution in [3.63, 3.8) is 0 Å². The van der Waals surface area contributed by atoms with E-state index >= 15 is 0 Å². The Morgan fingerprint density at radius 2 is 2.12 bits per heavy atom. The molecule has 86 valence electrons. The quantitative estimate of drug-likeness (QED) is 0.879. The summed E-state index contributed by atoms with van der Waals surface area (Å²) in [5.41, 5.74) is 2.51. The Morgan fingerprint density at radius 3 is 2.88 bits per heavy atom. The molecule has 4 heteroatoms. The lowest BCUT2D eigenvalue weighted by atomic mass is 10.2. The van der Waals surface area contributed by atoms with Crippen molar-refractivity contribution >= 4 is 27.9 Å². The van der Waals surface area contributed by atoms with Gasteiger partial charge in [-0.05, 0) is 17.7 Å². The molecule has 1 heterocycles. The van der Waals surface area contributed by atoms with Crippen LogP contribution in [0, 0.1) is 0 Å². The molecule has 0 spiro atoms. The lowest BCUT2D eigenvalue weighted by Crippen LogP contribution is -2.02. The molecule has 0 amide bonds. The van der Waals surface area contributed by atoms with E-state index in [-0.39, 0.29) is 0 Å². The van der Waals surface area contributed by atoms with Crippen LogP contribution in [0.2, 0.25) is 0 Å². The zero-order valence-corrected chi connectivity index (χ0v) is 10.6. The zero-order chi connectivity index (χ0) is 12.1. The van der Waals surface area contributed by atoms with Crippen LogP contribution >= 0.6 is 15.9 Å². The van der Waals surface area contributed by atoms with Crippen LogP contribution < -0.4 is 5.32 Å². The third-order valence-corrected chi connectivity index (χ3v) is 3.18. The summed E-state index contributed by atoms with van der Waals surface area (Å²) in [7, 11) is 0. The average Bonchev–Trinajstić information content (AvgIpc) is 2.38. The largest absolute Gasteiger partial charge is 0.380 e. The fourth-order valence-corrected chi connectivity index (χ4v) is 1.92. The first kappa shape index (κ1) is 11.8. The Bertz CT molecular complexity index is 528. The minimum absolute atomic E-state index is 0.569. The van der Waals surface area contributed by atoms with Crippen molar-refractivity contribution in [2.75, 3.05) is 5.32 Å². The number of carbonyl (C=O) groups excluding carboxylic acids is 1. The number of aromatic nitrogens is 1. The van der Waals surface area contributed by atoms with Crippen molar-refractivity contribution in [1.82, 2.24) is 4.98 Å². The average molecular weight is 291 g/mol. The van der Waals surface area contributed by atoms with Gasteiger partial charge in [-0.2, -0.15) is 0 Å². The summed E-state index contributed by atoms with van der Waals surface area (Å²) >= 11 is 3.48. The lowest BCUT2D eigenvalue weighted by molar-refractivity contribution is 0.112. The summed E-state index contributed by atoms with van der Waals surface area (Å²) in [4.78, 5) is 14.7. The van der Waals surface area contributed by atoms with Gasteiger partial charge in [0.1, 0.15) is 0 Å². The van der Waals surface area contributed by atoms with Gasteiger partial charge in [0.15, 0.2) is 6.29 Å². The number of rotatable bonds is 4. The topological polar surface area (TPSA) is 42.0 Å². The van der Waals surface area contributed by atoms with E-state index < -0.39 is 0 Å². The van der Waals surface area contributed by atoms with Gasteiger partial charge in [0.2, 0.25) is 0 Å². The third-order valence-electron chi connectivity index (χ3n) is 2.41. The van der Waals surface area contributed by atoms with Crippen LogP contribution in [0.4, 0.5) is 5.69 Å². The summed E-state index contributed by atoms with van der Waals surface area (Å²) < 4.78 is 1.05. The van der Waals surface area contributed by atoms with E-state index in [4.69, 9.17) is 0 Å². The number of benzene rings is 1. The number of nitrogens with one attached hydrogen (secondary N) is 1. The van der Waals surface area contributed by atoms with Crippen LogP contribution in [0.3, 0.4) is 0 Å². The van der Waals surface area contributed by atoms with Crippen LogP contribution in [-0.2, 0) is 6.54 Å². The summed E-state index contributed by atoms with van der Waals surface area (Å²) in [5, 5.41) is 3.22. The molecule has 1 N–H and O–H groups in total. The Balaban J connectivity index is 2.13. The highest BCUT2D eigenvalue weighted by molar-refractivity contribution is 9.10. The zero-order valence-electron chi connectivity index (χ0n) is 9.06. The van der Waals surface area contributed by atoms with Gasteiger partial charge in [-0.25, -0.2) is 0 Å². The first-order valence-electron chi connectivity index (χ1n) is 5.17. The number of nitrogens with zero attached hydrogens (tertiary/aromatic N) is 1. The molecule has 0 aliphatic heterocycles. The first-order valence-corrected chi connectivity index (χ1v) is 5.97. The van der Waals surface area contributed by atoms with Crippen LogP contribution in [0.5, 0.6) is 0 Å². The van der Waals surface area contributed by atoms with Gasteiger partial charge in [0.25, 0.3) is 0 Å². The molecule has 0 atom stereocenters. The van der Waals surface area contributed by atoms with Crippen molar-refractivity contribution in [1.29, 1.82) is 0 Å². The molecule has 0 bridgehead atoms.